The van der Waals surface area contributed by atoms with E-state index in [1.807, 2.05) is 11.8 Å². The molecule has 0 radical (unpaired) electrons. The number of benzene rings is 2. The first-order valence-electron chi connectivity index (χ1n) is 10.3. The van der Waals surface area contributed by atoms with Gasteiger partial charge >= 0.3 is 0 Å². The Balaban J connectivity index is 1.51. The predicted octanol–water partition coefficient (Wildman–Crippen LogP) is 1.17. The number of hydrogen-bond acceptors (Lipinski definition) is 8. The summed E-state index contributed by atoms with van der Waals surface area (Å²) in [5.74, 6) is 0.00435. The van der Waals surface area contributed by atoms with Gasteiger partial charge in [0.05, 0.1) is 31.9 Å². The number of piperazine rings is 1. The molecule has 1 saturated heterocycles. The number of ether oxygens (including phenoxy) is 2. The van der Waals surface area contributed by atoms with Gasteiger partial charge in [-0.05, 0) is 31.2 Å². The summed E-state index contributed by atoms with van der Waals surface area (Å²) in [6.45, 7) is 3.49. The summed E-state index contributed by atoms with van der Waals surface area (Å²) in [5.41, 5.74) is 4.02. The van der Waals surface area contributed by atoms with Crippen LogP contribution in [0.25, 0.3) is 0 Å². The normalized spacial score (nSPS) is 15.5. The highest BCUT2D eigenvalue weighted by Crippen LogP contribution is 2.36. The Hall–Kier alpha value is -3.15. The Morgan fingerprint density at radius 2 is 1.67 bits per heavy atom. The van der Waals surface area contributed by atoms with Crippen LogP contribution in [0.5, 0.6) is 17.2 Å². The van der Waals surface area contributed by atoms with E-state index in [9.17, 15) is 18.3 Å². The molecule has 0 atom stereocenters. The molecular weight excluding hydrogens is 448 g/mol. The minimum absolute atomic E-state index is 0.0952. The fourth-order valence-corrected chi connectivity index (χ4v) is 4.82. The van der Waals surface area contributed by atoms with Crippen molar-refractivity contribution in [2.75, 3.05) is 46.9 Å². The van der Waals surface area contributed by atoms with Gasteiger partial charge in [0.1, 0.15) is 0 Å². The average Bonchev–Trinajstić information content (AvgIpc) is 2.80. The van der Waals surface area contributed by atoms with Crippen LogP contribution in [0.1, 0.15) is 11.1 Å². The van der Waals surface area contributed by atoms with Gasteiger partial charge in [-0.3, -0.25) is 9.69 Å². The van der Waals surface area contributed by atoms with Crippen molar-refractivity contribution < 1.29 is 27.8 Å². The van der Waals surface area contributed by atoms with Crippen molar-refractivity contribution >= 4 is 22.1 Å². The van der Waals surface area contributed by atoms with Crippen molar-refractivity contribution in [1.82, 2.24) is 14.6 Å². The number of aryl methyl sites for hydroxylation is 1. The molecule has 10 nitrogen and oxygen atoms in total. The first-order valence-corrected chi connectivity index (χ1v) is 11.7. The average molecular weight is 477 g/mol. The van der Waals surface area contributed by atoms with Gasteiger partial charge in [-0.2, -0.15) is 9.41 Å². The summed E-state index contributed by atoms with van der Waals surface area (Å²) in [6.07, 6.45) is 1.41. The van der Waals surface area contributed by atoms with E-state index in [0.717, 1.165) is 5.56 Å². The van der Waals surface area contributed by atoms with Crippen LogP contribution >= 0.6 is 0 Å². The van der Waals surface area contributed by atoms with E-state index in [0.29, 0.717) is 31.7 Å². The van der Waals surface area contributed by atoms with Gasteiger partial charge in [0, 0.05) is 31.7 Å². The maximum atomic E-state index is 12.8. The second-order valence-corrected chi connectivity index (χ2v) is 9.50. The van der Waals surface area contributed by atoms with Gasteiger partial charge in [-0.25, -0.2) is 13.8 Å². The molecule has 1 fully saturated rings. The van der Waals surface area contributed by atoms with E-state index in [-0.39, 0.29) is 34.6 Å². The summed E-state index contributed by atoms with van der Waals surface area (Å²) < 4.78 is 37.2. The number of carbonyl (C=O) groups excluding carboxylic acids is 1. The third kappa shape index (κ3) is 6.01. The summed E-state index contributed by atoms with van der Waals surface area (Å²) >= 11 is 0. The van der Waals surface area contributed by atoms with Crippen LogP contribution in [-0.2, 0) is 14.8 Å². The second kappa shape index (κ2) is 10.6. The molecular formula is C22H28N4O6S. The van der Waals surface area contributed by atoms with Gasteiger partial charge < -0.3 is 14.6 Å². The molecule has 1 amide bonds. The Labute approximate surface area is 193 Å². The highest BCUT2D eigenvalue weighted by Gasteiger charge is 2.28. The lowest BCUT2D eigenvalue weighted by molar-refractivity contribution is -0.122. The first-order chi connectivity index (χ1) is 15.7. The Morgan fingerprint density at radius 3 is 2.21 bits per heavy atom. The lowest BCUT2D eigenvalue weighted by atomic mass is 10.2. The van der Waals surface area contributed by atoms with Gasteiger partial charge in [0.25, 0.3) is 5.91 Å². The quantitative estimate of drug-likeness (QED) is 0.433. The van der Waals surface area contributed by atoms with Crippen molar-refractivity contribution in [3.63, 3.8) is 0 Å². The molecule has 1 heterocycles. The second-order valence-electron chi connectivity index (χ2n) is 7.56. The first kappa shape index (κ1) is 24.5. The van der Waals surface area contributed by atoms with E-state index < -0.39 is 10.0 Å². The number of aromatic hydroxyl groups is 1. The fraction of sp³-hybridized carbons (Fsp3) is 0.364. The summed E-state index contributed by atoms with van der Waals surface area (Å²) in [6, 6.07) is 9.89. The number of amides is 1. The molecule has 33 heavy (non-hydrogen) atoms. The highest BCUT2D eigenvalue weighted by atomic mass is 32.2. The van der Waals surface area contributed by atoms with Gasteiger partial charge in [-0.15, -0.1) is 0 Å². The Kier molecular flexibility index (Phi) is 7.90. The zero-order chi connectivity index (χ0) is 24.0. The maximum absolute atomic E-state index is 12.8. The molecule has 0 aromatic heterocycles. The molecule has 0 saturated carbocycles. The zero-order valence-corrected chi connectivity index (χ0v) is 19.6. The van der Waals surface area contributed by atoms with E-state index in [2.05, 4.69) is 10.5 Å². The molecule has 0 aliphatic carbocycles. The third-order valence-corrected chi connectivity index (χ3v) is 7.18. The van der Waals surface area contributed by atoms with Gasteiger partial charge in [0.15, 0.2) is 11.5 Å². The van der Waals surface area contributed by atoms with Crippen LogP contribution in [0.15, 0.2) is 46.4 Å². The Bertz CT molecular complexity index is 1090. The number of hydrogen-bond donors (Lipinski definition) is 2. The topological polar surface area (TPSA) is 121 Å². The molecule has 2 aromatic carbocycles. The molecule has 2 N–H and O–H groups in total. The van der Waals surface area contributed by atoms with Crippen molar-refractivity contribution in [1.29, 1.82) is 0 Å². The molecule has 0 spiro atoms. The number of sulfonamides is 1. The highest BCUT2D eigenvalue weighted by molar-refractivity contribution is 7.89. The molecule has 1 aliphatic rings. The minimum Gasteiger partial charge on any atom is -0.502 e. The number of hydrazone groups is 1. The lowest BCUT2D eigenvalue weighted by Crippen LogP contribution is -2.50. The van der Waals surface area contributed by atoms with Crippen LogP contribution in [0.3, 0.4) is 0 Å². The minimum atomic E-state index is -3.55. The maximum Gasteiger partial charge on any atom is 0.254 e. The SMILES string of the molecule is COc1cc(/C=N\NC(=O)CN2CCN(S(=O)(=O)c3ccc(C)cc3)CC2)cc(OC)c1O. The third-order valence-electron chi connectivity index (χ3n) is 5.26. The van der Waals surface area contributed by atoms with E-state index in [1.165, 1.54) is 24.7 Å². The van der Waals surface area contributed by atoms with Crippen LogP contribution in [0.2, 0.25) is 0 Å². The number of phenols is 1. The number of phenolic OH excluding ortho intramolecular Hbond substituents is 1. The predicted molar refractivity (Wildman–Crippen MR) is 123 cm³/mol. The molecule has 1 aliphatic heterocycles. The van der Waals surface area contributed by atoms with Crippen LogP contribution in [-0.4, -0.2) is 81.8 Å². The number of nitrogens with zero attached hydrogens (tertiary/aromatic N) is 3. The van der Waals surface area contributed by atoms with Crippen LogP contribution < -0.4 is 14.9 Å². The molecule has 0 bridgehead atoms. The molecule has 0 unspecified atom stereocenters. The van der Waals surface area contributed by atoms with Crippen LogP contribution in [0, 0.1) is 6.92 Å². The number of carbonyl (C=O) groups is 1. The fourth-order valence-electron chi connectivity index (χ4n) is 3.39. The molecule has 2 aromatic rings. The summed E-state index contributed by atoms with van der Waals surface area (Å²) in [7, 11) is -0.707. The van der Waals surface area contributed by atoms with Crippen molar-refractivity contribution in [3.8, 4) is 17.2 Å². The molecule has 178 valence electrons. The largest absolute Gasteiger partial charge is 0.502 e. The van der Waals surface area contributed by atoms with Gasteiger partial charge in [0.2, 0.25) is 15.8 Å². The molecule has 3 rings (SSSR count). The smallest absolute Gasteiger partial charge is 0.254 e. The zero-order valence-electron chi connectivity index (χ0n) is 18.8. The Morgan fingerprint density at radius 1 is 1.09 bits per heavy atom. The van der Waals surface area contributed by atoms with E-state index >= 15 is 0 Å². The standard InChI is InChI=1S/C22H28N4O6S/c1-16-4-6-18(7-5-16)33(29,30)26-10-8-25(9-11-26)15-21(27)24-23-14-17-12-19(31-2)22(28)20(13-17)32-3/h4-7,12-14,28H,8-11,15H2,1-3H3,(H,24,27)/b23-14-. The van der Waals surface area contributed by atoms with Gasteiger partial charge in [-0.1, -0.05) is 17.7 Å². The molecule has 11 heteroatoms. The van der Waals surface area contributed by atoms with E-state index in [4.69, 9.17) is 9.47 Å². The summed E-state index contributed by atoms with van der Waals surface area (Å²) in [4.78, 5) is 14.4. The van der Waals surface area contributed by atoms with Crippen molar-refractivity contribution in [3.05, 3.63) is 47.5 Å². The van der Waals surface area contributed by atoms with Crippen LogP contribution in [0.4, 0.5) is 0 Å². The number of methoxy groups -OCH3 is 2. The number of nitrogens with one attached hydrogen (secondary N) is 1. The monoisotopic (exact) mass is 476 g/mol. The summed E-state index contributed by atoms with van der Waals surface area (Å²) in [5, 5.41) is 13.9. The van der Waals surface area contributed by atoms with E-state index in [1.54, 1.807) is 36.4 Å². The van der Waals surface area contributed by atoms with Crippen molar-refractivity contribution in [2.45, 2.75) is 11.8 Å². The lowest BCUT2D eigenvalue weighted by Gasteiger charge is -2.33. The number of rotatable bonds is 8. The van der Waals surface area contributed by atoms with Crippen molar-refractivity contribution in [2.24, 2.45) is 5.10 Å².